The summed E-state index contributed by atoms with van der Waals surface area (Å²) in [4.78, 5) is 2.59. The zero-order valence-corrected chi connectivity index (χ0v) is 13.7. The van der Waals surface area contributed by atoms with Crippen molar-refractivity contribution in [2.24, 2.45) is 0 Å². The van der Waals surface area contributed by atoms with Crippen molar-refractivity contribution < 1.29 is 4.42 Å². The molecule has 114 valence electrons. The fourth-order valence-electron chi connectivity index (χ4n) is 2.55. The number of furan rings is 1. The molecule has 1 fully saturated rings. The minimum Gasteiger partial charge on any atom is -0.468 e. The number of thiophene rings is 1. The molecule has 21 heavy (non-hydrogen) atoms. The Kier molecular flexibility index (Phi) is 4.78. The summed E-state index contributed by atoms with van der Waals surface area (Å²) >= 11 is 1.78. The van der Waals surface area contributed by atoms with Crippen LogP contribution in [0.2, 0.25) is 0 Å². The smallest absolute Gasteiger partial charge is 0.122 e. The van der Waals surface area contributed by atoms with E-state index in [-0.39, 0.29) is 0 Å². The lowest BCUT2D eigenvalue weighted by Crippen LogP contribution is -2.26. The van der Waals surface area contributed by atoms with Gasteiger partial charge in [0.2, 0.25) is 0 Å². The molecule has 1 aliphatic rings. The summed E-state index contributed by atoms with van der Waals surface area (Å²) < 4.78 is 5.66. The van der Waals surface area contributed by atoms with Gasteiger partial charge in [0.05, 0.1) is 12.8 Å². The molecule has 0 unspecified atom stereocenters. The van der Waals surface area contributed by atoms with Crippen molar-refractivity contribution in [1.29, 1.82) is 0 Å². The minimum atomic E-state index is 0.480. The number of nitrogens with zero attached hydrogens (tertiary/aromatic N) is 1. The molecule has 0 saturated heterocycles. The highest BCUT2D eigenvalue weighted by atomic mass is 32.1. The van der Waals surface area contributed by atoms with Gasteiger partial charge in [-0.2, -0.15) is 11.3 Å². The predicted octanol–water partition coefficient (Wildman–Crippen LogP) is 4.00. The zero-order chi connectivity index (χ0) is 14.7. The van der Waals surface area contributed by atoms with Crippen LogP contribution >= 0.6 is 11.3 Å². The third-order valence-corrected chi connectivity index (χ3v) is 4.64. The summed E-state index contributed by atoms with van der Waals surface area (Å²) in [7, 11) is 0. The van der Waals surface area contributed by atoms with E-state index in [0.29, 0.717) is 6.04 Å². The van der Waals surface area contributed by atoms with Crippen LogP contribution < -0.4 is 5.32 Å². The number of hydrogen-bond acceptors (Lipinski definition) is 4. The molecule has 3 rings (SSSR count). The molecule has 0 bridgehead atoms. The molecule has 4 heteroatoms. The van der Waals surface area contributed by atoms with Gasteiger partial charge in [0.15, 0.2) is 0 Å². The second-order valence-electron chi connectivity index (χ2n) is 6.17. The van der Waals surface area contributed by atoms with E-state index in [9.17, 15) is 0 Å². The highest BCUT2D eigenvalue weighted by Crippen LogP contribution is 2.31. The number of nitrogens with one attached hydrogen (secondary N) is 1. The van der Waals surface area contributed by atoms with Crippen molar-refractivity contribution in [3.8, 4) is 0 Å². The summed E-state index contributed by atoms with van der Waals surface area (Å²) in [6, 6.07) is 5.59. The van der Waals surface area contributed by atoms with Gasteiger partial charge in [0, 0.05) is 30.7 Å². The lowest BCUT2D eigenvalue weighted by atomic mass is 10.2. The molecular weight excluding hydrogens is 280 g/mol. The van der Waals surface area contributed by atoms with Crippen molar-refractivity contribution in [3.05, 3.63) is 46.0 Å². The molecule has 0 amide bonds. The fourth-order valence-corrected chi connectivity index (χ4v) is 3.21. The summed E-state index contributed by atoms with van der Waals surface area (Å²) in [5, 5.41) is 7.86. The molecule has 1 aliphatic carbocycles. The maximum atomic E-state index is 5.66. The van der Waals surface area contributed by atoms with Gasteiger partial charge in [-0.05, 0) is 41.3 Å². The van der Waals surface area contributed by atoms with Crippen LogP contribution in [0.15, 0.2) is 33.6 Å². The Hall–Kier alpha value is -1.10. The molecule has 0 spiro atoms. The quantitative estimate of drug-likeness (QED) is 0.799. The molecular formula is C17H24N2OS. The molecule has 1 saturated carbocycles. The van der Waals surface area contributed by atoms with Gasteiger partial charge in [0.1, 0.15) is 5.76 Å². The first-order valence-electron chi connectivity index (χ1n) is 7.76. The van der Waals surface area contributed by atoms with Crippen LogP contribution in [0.4, 0.5) is 0 Å². The van der Waals surface area contributed by atoms with E-state index in [1.807, 2.05) is 6.26 Å². The van der Waals surface area contributed by atoms with Crippen molar-refractivity contribution in [1.82, 2.24) is 10.2 Å². The standard InChI is InChI=1S/C17H24N2OS/c1-13(2)18-9-17-15(5-7-20-17)11-19(16-3-4-16)10-14-6-8-21-12-14/h5-8,12-13,16,18H,3-4,9-11H2,1-2H3. The van der Waals surface area contributed by atoms with Gasteiger partial charge in [-0.3, -0.25) is 4.90 Å². The first-order chi connectivity index (χ1) is 10.2. The van der Waals surface area contributed by atoms with Crippen molar-refractivity contribution in [2.45, 2.75) is 58.4 Å². The summed E-state index contributed by atoms with van der Waals surface area (Å²) in [5.41, 5.74) is 2.75. The molecule has 1 N–H and O–H groups in total. The van der Waals surface area contributed by atoms with Gasteiger partial charge < -0.3 is 9.73 Å². The van der Waals surface area contributed by atoms with E-state index in [1.165, 1.54) is 24.0 Å². The van der Waals surface area contributed by atoms with Crippen LogP contribution in [0.3, 0.4) is 0 Å². The average molecular weight is 304 g/mol. The molecule has 0 atom stereocenters. The fraction of sp³-hybridized carbons (Fsp3) is 0.529. The van der Waals surface area contributed by atoms with E-state index in [1.54, 1.807) is 11.3 Å². The van der Waals surface area contributed by atoms with E-state index in [0.717, 1.165) is 31.4 Å². The molecule has 2 aromatic heterocycles. The minimum absolute atomic E-state index is 0.480. The average Bonchev–Trinajstić information content (AvgIpc) is 3.00. The normalized spacial score (nSPS) is 15.2. The van der Waals surface area contributed by atoms with E-state index >= 15 is 0 Å². The molecule has 3 nitrogen and oxygen atoms in total. The molecule has 0 radical (unpaired) electrons. The summed E-state index contributed by atoms with van der Waals surface area (Å²) in [6.45, 7) is 7.19. The largest absolute Gasteiger partial charge is 0.468 e. The van der Waals surface area contributed by atoms with E-state index in [4.69, 9.17) is 4.42 Å². The van der Waals surface area contributed by atoms with Crippen molar-refractivity contribution in [3.63, 3.8) is 0 Å². The molecule has 0 aliphatic heterocycles. The first-order valence-corrected chi connectivity index (χ1v) is 8.70. The maximum absolute atomic E-state index is 5.66. The third kappa shape index (κ3) is 4.19. The number of hydrogen-bond donors (Lipinski definition) is 1. The highest BCUT2D eigenvalue weighted by Gasteiger charge is 2.29. The topological polar surface area (TPSA) is 28.4 Å². The van der Waals surface area contributed by atoms with Gasteiger partial charge >= 0.3 is 0 Å². The Morgan fingerprint density at radius 3 is 2.86 bits per heavy atom. The maximum Gasteiger partial charge on any atom is 0.122 e. The lowest BCUT2D eigenvalue weighted by Gasteiger charge is -2.21. The molecule has 2 aromatic rings. The van der Waals surface area contributed by atoms with Crippen molar-refractivity contribution in [2.75, 3.05) is 0 Å². The van der Waals surface area contributed by atoms with Crippen LogP contribution in [0.25, 0.3) is 0 Å². The Labute approximate surface area is 131 Å². The lowest BCUT2D eigenvalue weighted by molar-refractivity contribution is 0.243. The first kappa shape index (κ1) is 14.8. The van der Waals surface area contributed by atoms with Gasteiger partial charge in [0.25, 0.3) is 0 Å². The van der Waals surface area contributed by atoms with Crippen LogP contribution in [0, 0.1) is 0 Å². The monoisotopic (exact) mass is 304 g/mol. The Balaban J connectivity index is 1.64. The Morgan fingerprint density at radius 2 is 2.19 bits per heavy atom. The van der Waals surface area contributed by atoms with Gasteiger partial charge in [-0.25, -0.2) is 0 Å². The highest BCUT2D eigenvalue weighted by molar-refractivity contribution is 7.07. The summed E-state index contributed by atoms with van der Waals surface area (Å²) in [6.07, 6.45) is 4.49. The summed E-state index contributed by atoms with van der Waals surface area (Å²) in [5.74, 6) is 1.08. The molecule has 2 heterocycles. The van der Waals surface area contributed by atoms with Gasteiger partial charge in [-0.15, -0.1) is 0 Å². The second-order valence-corrected chi connectivity index (χ2v) is 6.95. The van der Waals surface area contributed by atoms with Crippen molar-refractivity contribution >= 4 is 11.3 Å². The third-order valence-electron chi connectivity index (χ3n) is 3.91. The zero-order valence-electron chi connectivity index (χ0n) is 12.8. The molecule has 0 aromatic carbocycles. The second kappa shape index (κ2) is 6.77. The Morgan fingerprint density at radius 1 is 1.33 bits per heavy atom. The van der Waals surface area contributed by atoms with E-state index in [2.05, 4.69) is 47.0 Å². The van der Waals surface area contributed by atoms with Gasteiger partial charge in [-0.1, -0.05) is 13.8 Å². The SMILES string of the molecule is CC(C)NCc1occc1CN(Cc1ccsc1)C1CC1. The van der Waals surface area contributed by atoms with Crippen LogP contribution in [-0.2, 0) is 19.6 Å². The number of rotatable bonds is 8. The van der Waals surface area contributed by atoms with E-state index < -0.39 is 0 Å². The Bertz CT molecular complexity index is 543. The van der Waals surface area contributed by atoms with Crippen LogP contribution in [0.5, 0.6) is 0 Å². The van der Waals surface area contributed by atoms with Crippen LogP contribution in [-0.4, -0.2) is 17.0 Å². The van der Waals surface area contributed by atoms with Crippen LogP contribution in [0.1, 0.15) is 43.6 Å². The predicted molar refractivity (Wildman–Crippen MR) is 87.3 cm³/mol.